The fourth-order valence-corrected chi connectivity index (χ4v) is 4.45. The van der Waals surface area contributed by atoms with Crippen LogP contribution in [0.25, 0.3) is 0 Å². The van der Waals surface area contributed by atoms with Crippen molar-refractivity contribution in [1.29, 1.82) is 0 Å². The SMILES string of the molecule is CNCc1cn(C[C@H]2CC3CCN2C[C@@H]3C(=O)NCc2ccccc2)nn1. The molecular weight excluding hydrogens is 340 g/mol. The first-order valence-corrected chi connectivity index (χ1v) is 9.82. The summed E-state index contributed by atoms with van der Waals surface area (Å²) in [6.07, 6.45) is 4.19. The summed E-state index contributed by atoms with van der Waals surface area (Å²) in [5.74, 6) is 0.773. The molecule has 1 aromatic carbocycles. The zero-order chi connectivity index (χ0) is 18.6. The van der Waals surface area contributed by atoms with Crippen LogP contribution in [0.3, 0.4) is 0 Å². The number of aromatic nitrogens is 3. The van der Waals surface area contributed by atoms with Crippen molar-refractivity contribution >= 4 is 5.91 Å². The molecule has 0 saturated carbocycles. The van der Waals surface area contributed by atoms with Gasteiger partial charge in [-0.15, -0.1) is 5.10 Å². The van der Waals surface area contributed by atoms with Gasteiger partial charge in [-0.25, -0.2) is 0 Å². The molecule has 27 heavy (non-hydrogen) atoms. The summed E-state index contributed by atoms with van der Waals surface area (Å²) in [6, 6.07) is 10.6. The molecule has 2 aromatic rings. The van der Waals surface area contributed by atoms with Crippen molar-refractivity contribution in [3.63, 3.8) is 0 Å². The van der Waals surface area contributed by atoms with E-state index >= 15 is 0 Å². The van der Waals surface area contributed by atoms with Crippen LogP contribution in [0.5, 0.6) is 0 Å². The van der Waals surface area contributed by atoms with Crippen molar-refractivity contribution in [3.05, 3.63) is 47.8 Å². The predicted octanol–water partition coefficient (Wildman–Crippen LogP) is 1.02. The summed E-state index contributed by atoms with van der Waals surface area (Å²) in [5.41, 5.74) is 2.11. The quantitative estimate of drug-likeness (QED) is 0.763. The molecule has 1 amide bonds. The van der Waals surface area contributed by atoms with E-state index in [-0.39, 0.29) is 11.8 Å². The Labute approximate surface area is 160 Å². The van der Waals surface area contributed by atoms with Gasteiger partial charge in [0.1, 0.15) is 0 Å². The topological polar surface area (TPSA) is 75.1 Å². The normalized spacial score (nSPS) is 26.9. The van der Waals surface area contributed by atoms with Gasteiger partial charge in [0.05, 0.1) is 18.2 Å². The van der Waals surface area contributed by atoms with E-state index < -0.39 is 0 Å². The Kier molecular flexibility index (Phi) is 5.50. The maximum Gasteiger partial charge on any atom is 0.224 e. The highest BCUT2D eigenvalue weighted by atomic mass is 16.1. The van der Waals surface area contributed by atoms with Crippen LogP contribution in [0.1, 0.15) is 24.1 Å². The van der Waals surface area contributed by atoms with Crippen LogP contribution in [-0.2, 0) is 24.4 Å². The van der Waals surface area contributed by atoms with E-state index in [1.165, 1.54) is 0 Å². The Morgan fingerprint density at radius 1 is 1.26 bits per heavy atom. The summed E-state index contributed by atoms with van der Waals surface area (Å²) in [7, 11) is 1.91. The van der Waals surface area contributed by atoms with E-state index in [9.17, 15) is 4.79 Å². The van der Waals surface area contributed by atoms with Gasteiger partial charge in [0.2, 0.25) is 5.91 Å². The van der Waals surface area contributed by atoms with Crippen molar-refractivity contribution in [2.45, 2.75) is 38.5 Å². The maximum atomic E-state index is 12.7. The van der Waals surface area contributed by atoms with Gasteiger partial charge in [0.15, 0.2) is 0 Å². The van der Waals surface area contributed by atoms with Gasteiger partial charge in [-0.3, -0.25) is 14.4 Å². The fraction of sp³-hybridized carbons (Fsp3) is 0.550. The van der Waals surface area contributed by atoms with Gasteiger partial charge in [-0.1, -0.05) is 35.5 Å². The first kappa shape index (κ1) is 18.1. The smallest absolute Gasteiger partial charge is 0.224 e. The van der Waals surface area contributed by atoms with Crippen LogP contribution in [0.2, 0.25) is 0 Å². The fourth-order valence-electron chi connectivity index (χ4n) is 4.45. The minimum atomic E-state index is 0.106. The number of hydrogen-bond donors (Lipinski definition) is 2. The van der Waals surface area contributed by atoms with Crippen LogP contribution in [-0.4, -0.2) is 52.0 Å². The molecule has 7 nitrogen and oxygen atoms in total. The molecule has 7 heteroatoms. The first-order valence-electron chi connectivity index (χ1n) is 9.82. The number of amides is 1. The standard InChI is InChI=1S/C20H28N6O/c1-21-11-17-12-26(24-23-17)13-18-9-16-7-8-25(18)14-19(16)20(27)22-10-15-5-3-2-4-6-15/h2-6,12,16,18-19,21H,7-11,13-14H2,1H3,(H,22,27)/t16?,18-,19+/m1/s1. The summed E-state index contributed by atoms with van der Waals surface area (Å²) in [5, 5.41) is 14.7. The molecule has 3 aliphatic rings. The molecule has 3 saturated heterocycles. The lowest BCUT2D eigenvalue weighted by Crippen LogP contribution is -2.58. The van der Waals surface area contributed by atoms with Crippen LogP contribution >= 0.6 is 0 Å². The molecule has 3 aliphatic heterocycles. The van der Waals surface area contributed by atoms with E-state index in [4.69, 9.17) is 0 Å². The Balaban J connectivity index is 1.32. The second-order valence-corrected chi connectivity index (χ2v) is 7.71. The van der Waals surface area contributed by atoms with E-state index in [1.807, 2.05) is 48.3 Å². The zero-order valence-corrected chi connectivity index (χ0v) is 15.8. The number of nitrogens with zero attached hydrogens (tertiary/aromatic N) is 4. The van der Waals surface area contributed by atoms with Gasteiger partial charge < -0.3 is 10.6 Å². The van der Waals surface area contributed by atoms with Crippen LogP contribution in [0, 0.1) is 11.8 Å². The van der Waals surface area contributed by atoms with Gasteiger partial charge in [0, 0.05) is 31.9 Å². The van der Waals surface area contributed by atoms with E-state index in [0.717, 1.165) is 50.3 Å². The lowest BCUT2D eigenvalue weighted by atomic mass is 9.75. The first-order chi connectivity index (χ1) is 13.2. The number of carbonyl (C=O) groups is 1. The molecular formula is C20H28N6O. The Morgan fingerprint density at radius 2 is 2.11 bits per heavy atom. The number of fused-ring (bicyclic) bond motifs is 3. The summed E-state index contributed by atoms with van der Waals surface area (Å²) >= 11 is 0. The minimum Gasteiger partial charge on any atom is -0.352 e. The number of piperidine rings is 3. The highest BCUT2D eigenvalue weighted by Crippen LogP contribution is 2.36. The molecule has 0 radical (unpaired) electrons. The number of rotatable bonds is 7. The molecule has 2 bridgehead atoms. The lowest BCUT2D eigenvalue weighted by molar-refractivity contribution is -0.133. The second-order valence-electron chi connectivity index (χ2n) is 7.71. The third kappa shape index (κ3) is 4.20. The lowest BCUT2D eigenvalue weighted by Gasteiger charge is -2.49. The summed E-state index contributed by atoms with van der Waals surface area (Å²) in [4.78, 5) is 15.2. The van der Waals surface area contributed by atoms with Gasteiger partial charge in [-0.2, -0.15) is 0 Å². The molecule has 5 rings (SSSR count). The molecule has 0 spiro atoms. The molecule has 144 valence electrons. The predicted molar refractivity (Wildman–Crippen MR) is 103 cm³/mol. The molecule has 0 aliphatic carbocycles. The average Bonchev–Trinajstić information content (AvgIpc) is 3.14. The third-order valence-corrected chi connectivity index (χ3v) is 5.87. The Hall–Kier alpha value is -2.25. The summed E-state index contributed by atoms with van der Waals surface area (Å²) in [6.45, 7) is 4.13. The highest BCUT2D eigenvalue weighted by molar-refractivity contribution is 5.79. The van der Waals surface area contributed by atoms with E-state index in [0.29, 0.717) is 18.5 Å². The van der Waals surface area contributed by atoms with Crippen LogP contribution < -0.4 is 10.6 Å². The number of benzene rings is 1. The largest absolute Gasteiger partial charge is 0.352 e. The van der Waals surface area contributed by atoms with Crippen molar-refractivity contribution < 1.29 is 4.79 Å². The molecule has 2 N–H and O–H groups in total. The third-order valence-electron chi connectivity index (χ3n) is 5.87. The van der Waals surface area contributed by atoms with Crippen LogP contribution in [0.4, 0.5) is 0 Å². The Bertz CT molecular complexity index is 761. The summed E-state index contributed by atoms with van der Waals surface area (Å²) < 4.78 is 1.95. The minimum absolute atomic E-state index is 0.106. The monoisotopic (exact) mass is 368 g/mol. The van der Waals surface area contributed by atoms with E-state index in [1.54, 1.807) is 0 Å². The number of nitrogens with one attached hydrogen (secondary N) is 2. The number of carbonyl (C=O) groups excluding carboxylic acids is 1. The van der Waals surface area contributed by atoms with Gasteiger partial charge in [0.25, 0.3) is 0 Å². The van der Waals surface area contributed by atoms with Crippen molar-refractivity contribution in [3.8, 4) is 0 Å². The second kappa shape index (κ2) is 8.19. The van der Waals surface area contributed by atoms with Crippen molar-refractivity contribution in [2.75, 3.05) is 20.1 Å². The molecule has 2 unspecified atom stereocenters. The zero-order valence-electron chi connectivity index (χ0n) is 15.8. The Morgan fingerprint density at radius 3 is 2.85 bits per heavy atom. The van der Waals surface area contributed by atoms with E-state index in [2.05, 4.69) is 25.8 Å². The van der Waals surface area contributed by atoms with Crippen molar-refractivity contribution in [2.24, 2.45) is 11.8 Å². The maximum absolute atomic E-state index is 12.7. The molecule has 4 atom stereocenters. The van der Waals surface area contributed by atoms with Crippen LogP contribution in [0.15, 0.2) is 36.5 Å². The molecule has 1 aromatic heterocycles. The number of hydrogen-bond acceptors (Lipinski definition) is 5. The van der Waals surface area contributed by atoms with Crippen molar-refractivity contribution in [1.82, 2.24) is 30.5 Å². The highest BCUT2D eigenvalue weighted by Gasteiger charge is 2.43. The molecule has 4 heterocycles. The molecule has 3 fully saturated rings. The van der Waals surface area contributed by atoms with Gasteiger partial charge in [-0.05, 0) is 37.9 Å². The van der Waals surface area contributed by atoms with Gasteiger partial charge >= 0.3 is 0 Å². The average molecular weight is 368 g/mol.